The maximum Gasteiger partial charge on any atom is 0.234 e. The summed E-state index contributed by atoms with van der Waals surface area (Å²) < 4.78 is 0. The number of benzene rings is 2. The summed E-state index contributed by atoms with van der Waals surface area (Å²) in [6.07, 6.45) is 0. The molecule has 6 heteroatoms. The molecule has 0 heterocycles. The number of hydrogen-bond acceptors (Lipinski definition) is 5. The van der Waals surface area contributed by atoms with Crippen molar-refractivity contribution in [3.8, 4) is 17.2 Å². The van der Waals surface area contributed by atoms with Crippen LogP contribution in [0.4, 0.5) is 5.69 Å². The largest absolute Gasteiger partial charge is 0.507 e. The van der Waals surface area contributed by atoms with E-state index < -0.39 is 0 Å². The Morgan fingerprint density at radius 2 is 1.55 bits per heavy atom. The predicted molar refractivity (Wildman–Crippen MR) is 77.2 cm³/mol. The zero-order valence-corrected chi connectivity index (χ0v) is 11.2. The van der Waals surface area contributed by atoms with E-state index in [-0.39, 0.29) is 33.8 Å². The Bertz CT molecular complexity index is 610. The second kappa shape index (κ2) is 6.21. The van der Waals surface area contributed by atoms with E-state index >= 15 is 0 Å². The number of anilines is 1. The van der Waals surface area contributed by atoms with Gasteiger partial charge >= 0.3 is 0 Å². The van der Waals surface area contributed by atoms with Crippen LogP contribution in [-0.4, -0.2) is 27.0 Å². The second-order valence-corrected chi connectivity index (χ2v) is 4.96. The van der Waals surface area contributed by atoms with Crippen LogP contribution >= 0.6 is 11.8 Å². The summed E-state index contributed by atoms with van der Waals surface area (Å²) in [6, 6.07) is 10.8. The van der Waals surface area contributed by atoms with Crippen molar-refractivity contribution >= 4 is 23.4 Å². The molecule has 0 fully saturated rings. The highest BCUT2D eigenvalue weighted by molar-refractivity contribution is 8.00. The molecule has 5 nitrogen and oxygen atoms in total. The third-order valence-electron chi connectivity index (χ3n) is 2.50. The molecule has 104 valence electrons. The Kier molecular flexibility index (Phi) is 4.37. The minimum absolute atomic E-state index is 0.000528. The fraction of sp³-hybridized carbons (Fsp3) is 0.0714. The SMILES string of the molecule is O=C(CSc1c(O)cccc1O)Nc1ccccc1O. The van der Waals surface area contributed by atoms with Gasteiger partial charge in [-0.15, -0.1) is 11.8 Å². The van der Waals surface area contributed by atoms with Gasteiger partial charge in [0, 0.05) is 0 Å². The van der Waals surface area contributed by atoms with Crippen molar-refractivity contribution < 1.29 is 20.1 Å². The number of aromatic hydroxyl groups is 3. The van der Waals surface area contributed by atoms with Crippen LogP contribution in [0.15, 0.2) is 47.4 Å². The highest BCUT2D eigenvalue weighted by Crippen LogP contribution is 2.36. The normalized spacial score (nSPS) is 10.2. The van der Waals surface area contributed by atoms with E-state index in [0.29, 0.717) is 5.69 Å². The van der Waals surface area contributed by atoms with E-state index in [2.05, 4.69) is 5.32 Å². The van der Waals surface area contributed by atoms with Gasteiger partial charge in [-0.25, -0.2) is 0 Å². The maximum absolute atomic E-state index is 11.8. The molecule has 0 saturated carbocycles. The number of nitrogens with one attached hydrogen (secondary N) is 1. The predicted octanol–water partition coefficient (Wildman–Crippen LogP) is 2.53. The summed E-state index contributed by atoms with van der Waals surface area (Å²) in [7, 11) is 0. The highest BCUT2D eigenvalue weighted by atomic mass is 32.2. The molecule has 20 heavy (non-hydrogen) atoms. The number of thioether (sulfide) groups is 1. The lowest BCUT2D eigenvalue weighted by atomic mass is 10.3. The van der Waals surface area contributed by atoms with Gasteiger partial charge in [0.2, 0.25) is 5.91 Å². The summed E-state index contributed by atoms with van der Waals surface area (Å²) in [5.74, 6) is -0.523. The molecule has 0 aliphatic carbocycles. The van der Waals surface area contributed by atoms with Gasteiger partial charge < -0.3 is 20.6 Å². The Hall–Kier alpha value is -2.34. The molecule has 0 atom stereocenters. The summed E-state index contributed by atoms with van der Waals surface area (Å²) in [6.45, 7) is 0. The Labute approximate surface area is 119 Å². The van der Waals surface area contributed by atoms with Gasteiger partial charge in [0.15, 0.2) is 0 Å². The summed E-state index contributed by atoms with van der Waals surface area (Å²) >= 11 is 1.01. The third kappa shape index (κ3) is 3.36. The van der Waals surface area contributed by atoms with E-state index in [9.17, 15) is 20.1 Å². The molecule has 0 unspecified atom stereocenters. The van der Waals surface area contributed by atoms with Crippen LogP contribution in [0.2, 0.25) is 0 Å². The molecule has 2 aromatic carbocycles. The number of phenolic OH excluding ortho intramolecular Hbond substituents is 3. The van der Waals surface area contributed by atoms with Crippen LogP contribution in [0, 0.1) is 0 Å². The van der Waals surface area contributed by atoms with Crippen molar-refractivity contribution in [2.75, 3.05) is 11.1 Å². The summed E-state index contributed by atoms with van der Waals surface area (Å²) in [5.41, 5.74) is 0.319. The molecular weight excluding hydrogens is 278 g/mol. The van der Waals surface area contributed by atoms with Crippen molar-refractivity contribution in [2.45, 2.75) is 4.90 Å². The van der Waals surface area contributed by atoms with Crippen LogP contribution in [0.1, 0.15) is 0 Å². The van der Waals surface area contributed by atoms with Gasteiger partial charge in [0.05, 0.1) is 16.3 Å². The molecule has 2 aromatic rings. The molecule has 0 saturated heterocycles. The molecule has 4 N–H and O–H groups in total. The van der Waals surface area contributed by atoms with Crippen LogP contribution in [0.3, 0.4) is 0 Å². The van der Waals surface area contributed by atoms with Crippen LogP contribution in [0.5, 0.6) is 17.2 Å². The molecule has 0 aromatic heterocycles. The monoisotopic (exact) mass is 291 g/mol. The standard InChI is InChI=1S/C14H13NO4S/c16-10-5-2-1-4-9(10)15-13(19)8-20-14-11(17)6-3-7-12(14)18/h1-7,16-18H,8H2,(H,15,19). The number of rotatable bonds is 4. The number of carbonyl (C=O) groups excluding carboxylic acids is 1. The van der Waals surface area contributed by atoms with Crippen molar-refractivity contribution in [1.82, 2.24) is 0 Å². The molecule has 2 rings (SSSR count). The molecule has 0 aliphatic heterocycles. The van der Waals surface area contributed by atoms with E-state index in [1.54, 1.807) is 18.2 Å². The number of hydrogen-bond donors (Lipinski definition) is 4. The van der Waals surface area contributed by atoms with Crippen LogP contribution < -0.4 is 5.32 Å². The molecule has 0 aliphatic rings. The van der Waals surface area contributed by atoms with Crippen molar-refractivity contribution in [3.63, 3.8) is 0 Å². The fourth-order valence-corrected chi connectivity index (χ4v) is 2.34. The maximum atomic E-state index is 11.8. The average molecular weight is 291 g/mol. The Morgan fingerprint density at radius 3 is 2.20 bits per heavy atom. The molecule has 0 spiro atoms. The minimum atomic E-state index is -0.348. The van der Waals surface area contributed by atoms with Crippen molar-refractivity contribution in [2.24, 2.45) is 0 Å². The average Bonchev–Trinajstić information content (AvgIpc) is 2.41. The summed E-state index contributed by atoms with van der Waals surface area (Å²) in [4.78, 5) is 12.0. The molecular formula is C14H13NO4S. The first-order valence-corrected chi connectivity index (χ1v) is 6.78. The first-order chi connectivity index (χ1) is 9.58. The van der Waals surface area contributed by atoms with Crippen molar-refractivity contribution in [1.29, 1.82) is 0 Å². The third-order valence-corrected chi connectivity index (χ3v) is 3.61. The van der Waals surface area contributed by atoms with E-state index in [1.165, 1.54) is 24.3 Å². The van der Waals surface area contributed by atoms with Crippen LogP contribution in [0.25, 0.3) is 0 Å². The van der Waals surface area contributed by atoms with Gasteiger partial charge in [-0.1, -0.05) is 18.2 Å². The fourth-order valence-electron chi connectivity index (χ4n) is 1.56. The highest BCUT2D eigenvalue weighted by Gasteiger charge is 2.11. The van der Waals surface area contributed by atoms with Gasteiger partial charge in [0.1, 0.15) is 17.2 Å². The Balaban J connectivity index is 1.98. The summed E-state index contributed by atoms with van der Waals surface area (Å²) in [5, 5.41) is 31.2. The Morgan fingerprint density at radius 1 is 0.950 bits per heavy atom. The first-order valence-electron chi connectivity index (χ1n) is 5.79. The lowest BCUT2D eigenvalue weighted by Gasteiger charge is -2.08. The van der Waals surface area contributed by atoms with Gasteiger partial charge in [-0.05, 0) is 24.3 Å². The quantitative estimate of drug-likeness (QED) is 0.513. The number of para-hydroxylation sites is 2. The van der Waals surface area contributed by atoms with Gasteiger partial charge in [-0.3, -0.25) is 4.79 Å². The lowest BCUT2D eigenvalue weighted by Crippen LogP contribution is -2.14. The van der Waals surface area contributed by atoms with E-state index in [4.69, 9.17) is 0 Å². The number of amides is 1. The smallest absolute Gasteiger partial charge is 0.234 e. The topological polar surface area (TPSA) is 89.8 Å². The van der Waals surface area contributed by atoms with Gasteiger partial charge in [-0.2, -0.15) is 0 Å². The molecule has 1 amide bonds. The van der Waals surface area contributed by atoms with Crippen molar-refractivity contribution in [3.05, 3.63) is 42.5 Å². The second-order valence-electron chi connectivity index (χ2n) is 3.98. The zero-order valence-electron chi connectivity index (χ0n) is 10.4. The minimum Gasteiger partial charge on any atom is -0.507 e. The molecule has 0 bridgehead atoms. The van der Waals surface area contributed by atoms with Crippen LogP contribution in [-0.2, 0) is 4.79 Å². The number of phenols is 3. The number of carbonyl (C=O) groups is 1. The lowest BCUT2D eigenvalue weighted by molar-refractivity contribution is -0.113. The zero-order chi connectivity index (χ0) is 14.5. The van der Waals surface area contributed by atoms with E-state index in [0.717, 1.165) is 11.8 Å². The first kappa shape index (κ1) is 14.1. The van der Waals surface area contributed by atoms with E-state index in [1.807, 2.05) is 0 Å². The molecule has 0 radical (unpaired) electrons. The van der Waals surface area contributed by atoms with Gasteiger partial charge in [0.25, 0.3) is 0 Å².